The molecule has 3 atom stereocenters. The Morgan fingerprint density at radius 3 is 2.37 bits per heavy atom. The second-order valence-corrected chi connectivity index (χ2v) is 18.1. The van der Waals surface area contributed by atoms with Crippen LogP contribution in [0.2, 0.25) is 5.02 Å². The Kier molecular flexibility index (Phi) is 14.8. The molecule has 3 aromatic carbocycles. The van der Waals surface area contributed by atoms with Crippen LogP contribution in [0.3, 0.4) is 0 Å². The summed E-state index contributed by atoms with van der Waals surface area (Å²) in [7, 11) is -1.85. The first-order valence-corrected chi connectivity index (χ1v) is 22.7. The van der Waals surface area contributed by atoms with Gasteiger partial charge in [-0.05, 0) is 103 Å². The molecule has 0 aliphatic carbocycles. The third-order valence-corrected chi connectivity index (χ3v) is 13.4. The Morgan fingerprint density at radius 2 is 1.63 bits per heavy atom. The quantitative estimate of drug-likeness (QED) is 0.0987. The van der Waals surface area contributed by atoms with E-state index < -0.39 is 39.8 Å². The van der Waals surface area contributed by atoms with Crippen molar-refractivity contribution in [3.63, 3.8) is 0 Å². The lowest BCUT2D eigenvalue weighted by Gasteiger charge is -2.32. The molecule has 6 rings (SSSR count). The van der Waals surface area contributed by atoms with Gasteiger partial charge in [0.15, 0.2) is 9.84 Å². The fourth-order valence-electron chi connectivity index (χ4n) is 7.29. The molecule has 0 saturated heterocycles. The molecule has 0 radical (unpaired) electrons. The van der Waals surface area contributed by atoms with Crippen LogP contribution >= 0.6 is 23.4 Å². The number of hydrogen-bond acceptors (Lipinski definition) is 10. The fraction of sp³-hybridized carbons (Fsp3) is 0.349. The average Bonchev–Trinajstić information content (AvgIpc) is 3.64. The minimum atomic E-state index is -3.45. The molecule has 8 N–H and O–H groups in total. The number of aromatic nitrogens is 2. The second-order valence-electron chi connectivity index (χ2n) is 14.7. The zero-order valence-corrected chi connectivity index (χ0v) is 35.6. The minimum Gasteiger partial charge on any atom is -0.361 e. The van der Waals surface area contributed by atoms with E-state index in [1.54, 1.807) is 43.6 Å². The second kappa shape index (κ2) is 20.0. The average molecular weight is 860 g/mol. The van der Waals surface area contributed by atoms with Gasteiger partial charge in [0.2, 0.25) is 17.7 Å². The Bertz CT molecular complexity index is 2390. The first kappa shape index (κ1) is 43.8. The third kappa shape index (κ3) is 10.7. The van der Waals surface area contributed by atoms with E-state index in [2.05, 4.69) is 20.9 Å². The van der Waals surface area contributed by atoms with Crippen molar-refractivity contribution in [1.82, 2.24) is 30.8 Å². The van der Waals surface area contributed by atoms with Crippen molar-refractivity contribution in [2.24, 2.45) is 11.5 Å². The molecule has 13 nitrogen and oxygen atoms in total. The van der Waals surface area contributed by atoms with Gasteiger partial charge in [0.05, 0.1) is 16.0 Å². The third-order valence-electron chi connectivity index (χ3n) is 10.6. The number of nitrogens with zero attached hydrogens (tertiary/aromatic N) is 2. The van der Waals surface area contributed by atoms with Crippen molar-refractivity contribution in [3.05, 3.63) is 107 Å². The number of hydrogen-bond donors (Lipinski definition) is 6. The van der Waals surface area contributed by atoms with Crippen molar-refractivity contribution in [2.75, 3.05) is 26.4 Å². The highest BCUT2D eigenvalue weighted by Gasteiger charge is 2.34. The maximum Gasteiger partial charge on any atom is 0.245 e. The van der Waals surface area contributed by atoms with Crippen molar-refractivity contribution < 1.29 is 22.8 Å². The number of carbonyl (C=O) groups excluding carboxylic acids is 3. The lowest BCUT2D eigenvalue weighted by atomic mass is 9.98. The van der Waals surface area contributed by atoms with E-state index in [1.807, 2.05) is 48.7 Å². The number of carbonyl (C=O) groups is 3. The molecule has 5 aromatic rings. The van der Waals surface area contributed by atoms with Gasteiger partial charge in [-0.3, -0.25) is 14.4 Å². The van der Waals surface area contributed by atoms with Crippen LogP contribution in [0.1, 0.15) is 48.8 Å². The van der Waals surface area contributed by atoms with Crippen LogP contribution < -0.4 is 27.4 Å². The molecule has 16 heteroatoms. The minimum absolute atomic E-state index is 0.00947. The molecule has 3 heterocycles. The first-order chi connectivity index (χ1) is 28.4. The number of nitrogens with two attached hydrogens (primary N) is 2. The van der Waals surface area contributed by atoms with Crippen LogP contribution in [-0.4, -0.2) is 85.5 Å². The van der Waals surface area contributed by atoms with Crippen molar-refractivity contribution >= 4 is 61.8 Å². The van der Waals surface area contributed by atoms with Gasteiger partial charge in [0, 0.05) is 61.0 Å². The summed E-state index contributed by atoms with van der Waals surface area (Å²) >= 11 is 8.35. The zero-order valence-electron chi connectivity index (χ0n) is 33.2. The highest BCUT2D eigenvalue weighted by Crippen LogP contribution is 2.41. The zero-order chi connectivity index (χ0) is 42.1. The van der Waals surface area contributed by atoms with Gasteiger partial charge in [-0.25, -0.2) is 13.4 Å². The first-order valence-electron chi connectivity index (χ1n) is 19.7. The number of H-pyrrole nitrogens is 1. The van der Waals surface area contributed by atoms with Crippen LogP contribution in [0.25, 0.3) is 22.0 Å². The van der Waals surface area contributed by atoms with E-state index >= 15 is 0 Å². The predicted molar refractivity (Wildman–Crippen MR) is 233 cm³/mol. The van der Waals surface area contributed by atoms with E-state index in [9.17, 15) is 22.8 Å². The molecule has 3 amide bonds. The summed E-state index contributed by atoms with van der Waals surface area (Å²) in [5.74, 6) is -1.17. The maximum absolute atomic E-state index is 14.7. The highest BCUT2D eigenvalue weighted by molar-refractivity contribution is 7.99. The van der Waals surface area contributed by atoms with Crippen molar-refractivity contribution in [2.45, 2.75) is 84.6 Å². The van der Waals surface area contributed by atoms with Crippen molar-refractivity contribution in [1.29, 1.82) is 0 Å². The van der Waals surface area contributed by atoms with Crippen LogP contribution in [0.15, 0.2) is 100 Å². The standard InChI is InChI=1S/C43H51ClN8O5S2/c1-52-38(23-29-25-48-35-11-4-3-10-32(29)35)41(54)50-26-33-31(27-14-16-30(17-15-27)59(2,56)57)18-19-34(44)39(33)58-42-28(9-8-22-47-42)24-49-36(13-7-21-46)40(53)51-37(43(52)55)12-5-6-20-45/h3-4,8-11,14-19,22,25,36-38,48-49H,5-7,12-13,20-21,23-24,26,45-46H2,1-2H3,(H,50,54)(H,51,53)/t36-,37-,38-/m0/s1. The number of pyridine rings is 1. The summed E-state index contributed by atoms with van der Waals surface area (Å²) in [6.07, 6.45) is 7.42. The van der Waals surface area contributed by atoms with E-state index in [-0.39, 0.29) is 30.3 Å². The Hall–Kier alpha value is -4.77. The summed E-state index contributed by atoms with van der Waals surface area (Å²) in [5.41, 5.74) is 16.4. The predicted octanol–water partition coefficient (Wildman–Crippen LogP) is 4.95. The largest absolute Gasteiger partial charge is 0.361 e. The smallest absolute Gasteiger partial charge is 0.245 e. The van der Waals surface area contributed by atoms with Gasteiger partial charge in [-0.2, -0.15) is 0 Å². The number of fused-ring (bicyclic) bond motifs is 3. The van der Waals surface area contributed by atoms with Crippen LogP contribution in [0, 0.1) is 0 Å². The summed E-state index contributed by atoms with van der Waals surface area (Å²) in [4.78, 5) is 53.7. The Morgan fingerprint density at radius 1 is 0.881 bits per heavy atom. The van der Waals surface area contributed by atoms with Gasteiger partial charge in [0.1, 0.15) is 17.1 Å². The highest BCUT2D eigenvalue weighted by atomic mass is 35.5. The molecule has 1 aliphatic heterocycles. The van der Waals surface area contributed by atoms with Crippen LogP contribution in [0.5, 0.6) is 0 Å². The van der Waals surface area contributed by atoms with Gasteiger partial charge >= 0.3 is 0 Å². The molecular weight excluding hydrogens is 808 g/mol. The number of halogens is 1. The lowest BCUT2D eigenvalue weighted by molar-refractivity contribution is -0.142. The number of aromatic amines is 1. The lowest BCUT2D eigenvalue weighted by Crippen LogP contribution is -2.57. The van der Waals surface area contributed by atoms with E-state index in [4.69, 9.17) is 28.1 Å². The molecule has 1 aliphatic rings. The normalized spacial score (nSPS) is 18.5. The number of benzene rings is 3. The van der Waals surface area contributed by atoms with Gasteiger partial charge in [0.25, 0.3) is 0 Å². The summed E-state index contributed by atoms with van der Waals surface area (Å²) in [6.45, 7) is 1.08. The summed E-state index contributed by atoms with van der Waals surface area (Å²) < 4.78 is 24.7. The molecule has 0 bridgehead atoms. The molecule has 0 fully saturated rings. The molecule has 0 unspecified atom stereocenters. The molecule has 312 valence electrons. The van der Waals surface area contributed by atoms with Gasteiger partial charge in [-0.15, -0.1) is 0 Å². The molecule has 0 saturated carbocycles. The number of likely N-dealkylation sites (N-methyl/N-ethyl adjacent to an activating group) is 1. The summed E-state index contributed by atoms with van der Waals surface area (Å²) in [6, 6.07) is 19.0. The van der Waals surface area contributed by atoms with Crippen molar-refractivity contribution in [3.8, 4) is 11.1 Å². The molecular formula is C43H51ClN8O5S2. The Balaban J connectivity index is 1.48. The van der Waals surface area contributed by atoms with Crippen LogP contribution in [0.4, 0.5) is 0 Å². The van der Waals surface area contributed by atoms with E-state index in [0.717, 1.165) is 33.8 Å². The number of rotatable bonds is 11. The van der Waals surface area contributed by atoms with E-state index in [0.29, 0.717) is 71.3 Å². The SMILES string of the molecule is CN1C(=O)[C@H](CCCCN)NC(=O)[C@H](CCCN)NCc2cccnc2Sc2c(Cl)ccc(-c3ccc(S(C)(=O)=O)cc3)c2CNC(=O)[C@@H]1Cc1c[nH]c2ccccc12. The van der Waals surface area contributed by atoms with E-state index in [1.165, 1.54) is 16.7 Å². The number of para-hydroxylation sites is 1. The topological polar surface area (TPSA) is 205 Å². The van der Waals surface area contributed by atoms with Gasteiger partial charge < -0.3 is 37.3 Å². The number of unbranched alkanes of at least 4 members (excludes halogenated alkanes) is 1. The fourth-order valence-corrected chi connectivity index (χ4v) is 9.27. The maximum atomic E-state index is 14.7. The summed E-state index contributed by atoms with van der Waals surface area (Å²) in [5, 5.41) is 11.5. The number of sulfone groups is 1. The number of amides is 3. The van der Waals surface area contributed by atoms with Gasteiger partial charge in [-0.1, -0.05) is 65.8 Å². The van der Waals surface area contributed by atoms with Crippen LogP contribution in [-0.2, 0) is 43.7 Å². The number of nitrogens with one attached hydrogen (secondary N) is 4. The monoisotopic (exact) mass is 858 g/mol. The molecule has 0 spiro atoms. The molecule has 2 aromatic heterocycles. The Labute approximate surface area is 354 Å². The molecule has 59 heavy (non-hydrogen) atoms.